The van der Waals surface area contributed by atoms with Crippen LogP contribution >= 0.6 is 0 Å². The van der Waals surface area contributed by atoms with Gasteiger partial charge in [0.05, 0.1) is 17.1 Å². The summed E-state index contributed by atoms with van der Waals surface area (Å²) in [7, 11) is -3.79. The molecule has 1 aliphatic heterocycles. The third-order valence-electron chi connectivity index (χ3n) is 4.75. The second-order valence-corrected chi connectivity index (χ2v) is 9.22. The number of sulfonamides is 1. The first-order valence-electron chi connectivity index (χ1n) is 9.72. The summed E-state index contributed by atoms with van der Waals surface area (Å²) in [5, 5.41) is 15.4. The summed E-state index contributed by atoms with van der Waals surface area (Å²) in [5.74, 6) is -0.940. The molecule has 2 amide bonds. The van der Waals surface area contributed by atoms with Crippen molar-refractivity contribution in [3.63, 3.8) is 0 Å². The molecule has 0 saturated carbocycles. The molecule has 0 aromatic heterocycles. The van der Waals surface area contributed by atoms with Gasteiger partial charge in [-0.2, -0.15) is 0 Å². The van der Waals surface area contributed by atoms with Crippen LogP contribution in [0.4, 0.5) is 0 Å². The quantitative estimate of drug-likeness (QED) is 0.601. The third kappa shape index (κ3) is 5.12. The summed E-state index contributed by atoms with van der Waals surface area (Å²) >= 11 is 0. The fourth-order valence-electron chi connectivity index (χ4n) is 3.09. The molecule has 9 heteroatoms. The molecule has 3 N–H and O–H groups in total. The number of carbonyl (C=O) groups is 2. The van der Waals surface area contributed by atoms with E-state index in [-0.39, 0.29) is 17.0 Å². The number of hydrogen-bond acceptors (Lipinski definition) is 6. The van der Waals surface area contributed by atoms with E-state index in [1.165, 1.54) is 12.1 Å². The smallest absolute Gasteiger partial charge is 0.296 e. The summed E-state index contributed by atoms with van der Waals surface area (Å²) < 4.78 is 28.3. The van der Waals surface area contributed by atoms with Crippen molar-refractivity contribution in [3.8, 4) is 5.75 Å². The van der Waals surface area contributed by atoms with E-state index in [4.69, 9.17) is 9.88 Å². The Morgan fingerprint density at radius 1 is 1.00 bits per heavy atom. The molecular weight excluding hydrogens is 420 g/mol. The first-order valence-corrected chi connectivity index (χ1v) is 11.3. The van der Waals surface area contributed by atoms with E-state index in [2.05, 4.69) is 0 Å². The monoisotopic (exact) mass is 444 g/mol. The van der Waals surface area contributed by atoms with Crippen molar-refractivity contribution >= 4 is 27.4 Å². The topological polar surface area (TPSA) is 127 Å². The predicted molar refractivity (Wildman–Crippen MR) is 115 cm³/mol. The molecule has 3 rings (SSSR count). The number of rotatable bonds is 8. The zero-order valence-corrected chi connectivity index (χ0v) is 18.1. The zero-order valence-electron chi connectivity index (χ0n) is 17.2. The lowest BCUT2D eigenvalue weighted by atomic mass is 10.1. The SMILES string of the molecule is CC(C)COc1ccc(C2=C(O)C(=O)N(CCc3ccc(S(N)(=O)=O)cc3)C2=O)cc1. The molecule has 2 aromatic carbocycles. The minimum atomic E-state index is -3.79. The van der Waals surface area contributed by atoms with Crippen molar-refractivity contribution in [3.05, 3.63) is 65.4 Å². The van der Waals surface area contributed by atoms with Gasteiger partial charge < -0.3 is 9.84 Å². The average molecular weight is 445 g/mol. The van der Waals surface area contributed by atoms with Crippen LogP contribution in [0.3, 0.4) is 0 Å². The van der Waals surface area contributed by atoms with E-state index < -0.39 is 27.6 Å². The van der Waals surface area contributed by atoms with Gasteiger partial charge in [0.1, 0.15) is 5.75 Å². The Bertz CT molecular complexity index is 1120. The molecule has 0 atom stereocenters. The third-order valence-corrected chi connectivity index (χ3v) is 5.68. The van der Waals surface area contributed by atoms with Crippen LogP contribution in [0.5, 0.6) is 5.75 Å². The maximum atomic E-state index is 12.8. The Balaban J connectivity index is 1.69. The molecule has 0 unspecified atom stereocenters. The Kier molecular flexibility index (Phi) is 6.47. The molecule has 0 radical (unpaired) electrons. The first-order chi connectivity index (χ1) is 14.6. The normalized spacial score (nSPS) is 14.6. The van der Waals surface area contributed by atoms with E-state index in [0.29, 0.717) is 35.8 Å². The average Bonchev–Trinajstić information content (AvgIpc) is 2.93. The molecule has 31 heavy (non-hydrogen) atoms. The number of primary sulfonamides is 1. The van der Waals surface area contributed by atoms with E-state index >= 15 is 0 Å². The molecular formula is C22H24N2O6S. The number of nitrogens with two attached hydrogens (primary N) is 1. The fourth-order valence-corrected chi connectivity index (χ4v) is 3.61. The van der Waals surface area contributed by atoms with Crippen molar-refractivity contribution in [2.24, 2.45) is 11.1 Å². The predicted octanol–water partition coefficient (Wildman–Crippen LogP) is 2.25. The number of nitrogens with zero attached hydrogens (tertiary/aromatic N) is 1. The molecule has 8 nitrogen and oxygen atoms in total. The van der Waals surface area contributed by atoms with Crippen LogP contribution in [0.2, 0.25) is 0 Å². The Morgan fingerprint density at radius 2 is 1.61 bits per heavy atom. The number of aliphatic hydroxyl groups excluding tert-OH is 1. The van der Waals surface area contributed by atoms with E-state index in [0.717, 1.165) is 4.90 Å². The lowest BCUT2D eigenvalue weighted by Crippen LogP contribution is -2.33. The van der Waals surface area contributed by atoms with E-state index in [1.54, 1.807) is 36.4 Å². The highest BCUT2D eigenvalue weighted by Crippen LogP contribution is 2.29. The van der Waals surface area contributed by atoms with Crippen molar-refractivity contribution in [1.82, 2.24) is 4.90 Å². The van der Waals surface area contributed by atoms with Crippen LogP contribution in [-0.4, -0.2) is 43.4 Å². The fraction of sp³-hybridized carbons (Fsp3) is 0.273. The van der Waals surface area contributed by atoms with Crippen LogP contribution < -0.4 is 9.88 Å². The minimum absolute atomic E-state index is 0.0213. The number of benzene rings is 2. The number of carbonyl (C=O) groups excluding carboxylic acids is 2. The van der Waals surface area contributed by atoms with Crippen LogP contribution in [-0.2, 0) is 26.0 Å². The molecule has 1 heterocycles. The first kappa shape index (κ1) is 22.5. The largest absolute Gasteiger partial charge is 0.502 e. The lowest BCUT2D eigenvalue weighted by Gasteiger charge is -2.14. The summed E-state index contributed by atoms with van der Waals surface area (Å²) in [4.78, 5) is 26.2. The second-order valence-electron chi connectivity index (χ2n) is 7.65. The van der Waals surface area contributed by atoms with Gasteiger partial charge in [-0.25, -0.2) is 13.6 Å². The molecule has 0 saturated heterocycles. The summed E-state index contributed by atoms with van der Waals surface area (Å²) in [6.45, 7) is 4.65. The molecule has 2 aromatic rings. The van der Waals surface area contributed by atoms with Crippen LogP contribution in [0.25, 0.3) is 5.57 Å². The Morgan fingerprint density at radius 3 is 2.16 bits per heavy atom. The van der Waals surface area contributed by atoms with Gasteiger partial charge >= 0.3 is 0 Å². The number of imide groups is 1. The van der Waals surface area contributed by atoms with Crippen LogP contribution in [0.1, 0.15) is 25.0 Å². The molecule has 0 bridgehead atoms. The maximum absolute atomic E-state index is 12.8. The highest BCUT2D eigenvalue weighted by atomic mass is 32.2. The zero-order chi connectivity index (χ0) is 22.8. The van der Waals surface area contributed by atoms with Gasteiger partial charge in [0.25, 0.3) is 11.8 Å². The number of ether oxygens (including phenoxy) is 1. The van der Waals surface area contributed by atoms with Gasteiger partial charge in [-0.15, -0.1) is 0 Å². The van der Waals surface area contributed by atoms with Crippen molar-refractivity contribution < 1.29 is 27.9 Å². The van der Waals surface area contributed by atoms with Crippen molar-refractivity contribution in [2.75, 3.05) is 13.2 Å². The highest BCUT2D eigenvalue weighted by molar-refractivity contribution is 7.89. The summed E-state index contributed by atoms with van der Waals surface area (Å²) in [5.41, 5.74) is 1.09. The van der Waals surface area contributed by atoms with Gasteiger partial charge in [0, 0.05) is 6.54 Å². The molecule has 0 aliphatic carbocycles. The lowest BCUT2D eigenvalue weighted by molar-refractivity contribution is -0.138. The van der Waals surface area contributed by atoms with Crippen LogP contribution in [0.15, 0.2) is 59.2 Å². The number of amides is 2. The molecule has 1 aliphatic rings. The minimum Gasteiger partial charge on any atom is -0.502 e. The van der Waals surface area contributed by atoms with Crippen LogP contribution in [0, 0.1) is 5.92 Å². The van der Waals surface area contributed by atoms with Gasteiger partial charge in [-0.1, -0.05) is 38.1 Å². The number of hydrogen-bond donors (Lipinski definition) is 2. The standard InChI is InChI=1S/C22H24N2O6S/c1-14(2)13-30-17-7-5-16(6-8-17)19-20(25)22(27)24(21(19)26)12-11-15-3-9-18(10-4-15)31(23,28)29/h3-10,14,25H,11-13H2,1-2H3,(H2,23,28,29). The van der Waals surface area contributed by atoms with Gasteiger partial charge in [-0.3, -0.25) is 14.5 Å². The summed E-state index contributed by atoms with van der Waals surface area (Å²) in [6, 6.07) is 12.5. The van der Waals surface area contributed by atoms with Crippen molar-refractivity contribution in [2.45, 2.75) is 25.2 Å². The Hall–Kier alpha value is -3.17. The molecule has 0 fully saturated rings. The maximum Gasteiger partial charge on any atom is 0.296 e. The van der Waals surface area contributed by atoms with E-state index in [1.807, 2.05) is 13.8 Å². The highest BCUT2D eigenvalue weighted by Gasteiger charge is 2.38. The Labute approximate surface area is 181 Å². The van der Waals surface area contributed by atoms with Crippen molar-refractivity contribution in [1.29, 1.82) is 0 Å². The van der Waals surface area contributed by atoms with Gasteiger partial charge in [0.2, 0.25) is 10.0 Å². The molecule has 0 spiro atoms. The second kappa shape index (κ2) is 8.91. The molecule has 164 valence electrons. The van der Waals surface area contributed by atoms with Gasteiger partial charge in [-0.05, 0) is 47.7 Å². The summed E-state index contributed by atoms with van der Waals surface area (Å²) in [6.07, 6.45) is 0.297. The van der Waals surface area contributed by atoms with E-state index in [9.17, 15) is 23.1 Å². The number of aliphatic hydroxyl groups is 1. The van der Waals surface area contributed by atoms with Gasteiger partial charge in [0.15, 0.2) is 5.76 Å².